The molecule has 0 amide bonds. The minimum absolute atomic E-state index is 0.268. The summed E-state index contributed by atoms with van der Waals surface area (Å²) >= 11 is 0. The summed E-state index contributed by atoms with van der Waals surface area (Å²) in [4.78, 5) is 0. The minimum atomic E-state index is -2.01. The van der Waals surface area contributed by atoms with Crippen LogP contribution in [0.1, 0.15) is 8.30 Å². The van der Waals surface area contributed by atoms with Crippen molar-refractivity contribution in [1.29, 1.82) is 0 Å². The van der Waals surface area contributed by atoms with Crippen molar-refractivity contribution in [3.63, 3.8) is 0 Å². The van der Waals surface area contributed by atoms with Crippen LogP contribution in [-0.2, 0) is 11.3 Å². The van der Waals surface area contributed by atoms with Crippen molar-refractivity contribution in [2.45, 2.75) is 12.7 Å². The monoisotopic (exact) mass is 214 g/mol. The number of ether oxygens (including phenoxy) is 2. The zero-order valence-electron chi connectivity index (χ0n) is 10.5. The average Bonchev–Trinajstić information content (AvgIpc) is 2.36. The SMILES string of the molecule is [2H]C([2H])(OC[C@@H](O)CO)c1ccc(OC)cc1. The van der Waals surface area contributed by atoms with Gasteiger partial charge in [0.2, 0.25) is 0 Å². The van der Waals surface area contributed by atoms with E-state index in [9.17, 15) is 0 Å². The summed E-state index contributed by atoms with van der Waals surface area (Å²) in [5, 5.41) is 17.7. The van der Waals surface area contributed by atoms with Crippen LogP contribution in [0, 0.1) is 0 Å². The molecule has 0 spiro atoms. The third kappa shape index (κ3) is 4.29. The number of methoxy groups -OCH3 is 1. The van der Waals surface area contributed by atoms with Gasteiger partial charge < -0.3 is 19.7 Å². The van der Waals surface area contributed by atoms with Crippen LogP contribution in [0.5, 0.6) is 5.75 Å². The van der Waals surface area contributed by atoms with Gasteiger partial charge in [0.05, 0.1) is 29.6 Å². The second kappa shape index (κ2) is 6.40. The van der Waals surface area contributed by atoms with Gasteiger partial charge in [-0.2, -0.15) is 0 Å². The van der Waals surface area contributed by atoms with Crippen molar-refractivity contribution in [2.24, 2.45) is 0 Å². The highest BCUT2D eigenvalue weighted by molar-refractivity contribution is 5.26. The smallest absolute Gasteiger partial charge is 0.118 e. The molecule has 1 aromatic rings. The summed E-state index contributed by atoms with van der Waals surface area (Å²) in [6, 6.07) is 6.34. The Morgan fingerprint density at radius 2 is 2.07 bits per heavy atom. The second-order valence-corrected chi connectivity index (χ2v) is 2.98. The van der Waals surface area contributed by atoms with Crippen LogP contribution >= 0.6 is 0 Å². The predicted octanol–water partition coefficient (Wildman–Crippen LogP) is 0.565. The molecular weight excluding hydrogens is 196 g/mol. The molecule has 2 N–H and O–H groups in total. The average molecular weight is 214 g/mol. The van der Waals surface area contributed by atoms with E-state index in [0.717, 1.165) is 0 Å². The highest BCUT2D eigenvalue weighted by atomic mass is 16.5. The Morgan fingerprint density at radius 1 is 1.40 bits per heavy atom. The second-order valence-electron chi connectivity index (χ2n) is 2.98. The molecule has 1 rings (SSSR count). The molecule has 4 heteroatoms. The Hall–Kier alpha value is -1.10. The number of benzene rings is 1. The fraction of sp³-hybridized carbons (Fsp3) is 0.455. The molecule has 0 saturated carbocycles. The summed E-state index contributed by atoms with van der Waals surface area (Å²) in [7, 11) is 1.53. The van der Waals surface area contributed by atoms with E-state index in [1.54, 1.807) is 24.3 Å². The van der Waals surface area contributed by atoms with Gasteiger partial charge in [-0.15, -0.1) is 0 Å². The molecule has 0 unspecified atom stereocenters. The van der Waals surface area contributed by atoms with Gasteiger partial charge in [0.15, 0.2) is 0 Å². The van der Waals surface area contributed by atoms with E-state index in [1.807, 2.05) is 0 Å². The third-order valence-corrected chi connectivity index (χ3v) is 1.77. The normalized spacial score (nSPS) is 15.4. The van der Waals surface area contributed by atoms with E-state index < -0.39 is 19.3 Å². The summed E-state index contributed by atoms with van der Waals surface area (Å²) in [6.07, 6.45) is -1.08. The molecule has 0 bridgehead atoms. The first-order valence-corrected chi connectivity index (χ1v) is 4.57. The molecule has 1 atom stereocenters. The molecule has 0 radical (unpaired) electrons. The third-order valence-electron chi connectivity index (χ3n) is 1.77. The zero-order chi connectivity index (χ0) is 12.9. The van der Waals surface area contributed by atoms with Crippen LogP contribution in [-0.4, -0.2) is 36.6 Å². The number of hydrogen-bond donors (Lipinski definition) is 2. The van der Waals surface area contributed by atoms with Crippen molar-refractivity contribution in [3.05, 3.63) is 29.8 Å². The maximum absolute atomic E-state index is 9.09. The first kappa shape index (κ1) is 9.15. The maximum atomic E-state index is 9.09. The number of hydrogen-bond acceptors (Lipinski definition) is 4. The standard InChI is InChI=1S/C11H16O4/c1-14-11-4-2-9(3-5-11)7-15-8-10(13)6-12/h2-5,10,12-13H,6-8H2,1H3/t10-/m0/s1/i7D2. The van der Waals surface area contributed by atoms with Gasteiger partial charge in [-0.25, -0.2) is 0 Å². The van der Waals surface area contributed by atoms with Crippen LogP contribution in [0.4, 0.5) is 0 Å². The molecular formula is C11H16O4. The Morgan fingerprint density at radius 3 is 2.60 bits per heavy atom. The van der Waals surface area contributed by atoms with Crippen LogP contribution in [0.2, 0.25) is 0 Å². The number of rotatable bonds is 6. The lowest BCUT2D eigenvalue weighted by Crippen LogP contribution is -2.19. The van der Waals surface area contributed by atoms with E-state index in [0.29, 0.717) is 11.3 Å². The van der Waals surface area contributed by atoms with Crippen molar-refractivity contribution in [1.82, 2.24) is 0 Å². The van der Waals surface area contributed by atoms with Crippen LogP contribution in [0.3, 0.4) is 0 Å². The molecule has 0 aliphatic heterocycles. The highest BCUT2D eigenvalue weighted by Crippen LogP contribution is 2.11. The Labute approximate surface area is 91.9 Å². The van der Waals surface area contributed by atoms with Gasteiger partial charge in [-0.3, -0.25) is 0 Å². The molecule has 15 heavy (non-hydrogen) atoms. The van der Waals surface area contributed by atoms with Crippen molar-refractivity contribution >= 4 is 0 Å². The molecule has 0 aromatic heterocycles. The Balaban J connectivity index is 2.67. The first-order chi connectivity index (χ1) is 7.99. The molecule has 0 saturated heterocycles. The van der Waals surface area contributed by atoms with E-state index in [-0.39, 0.29) is 6.61 Å². The molecule has 0 aliphatic carbocycles. The van der Waals surface area contributed by atoms with Gasteiger partial charge in [0.25, 0.3) is 0 Å². The molecule has 0 fully saturated rings. The van der Waals surface area contributed by atoms with Gasteiger partial charge in [-0.05, 0) is 17.7 Å². The first-order valence-electron chi connectivity index (χ1n) is 5.57. The minimum Gasteiger partial charge on any atom is -0.497 e. The number of aliphatic hydroxyl groups excluding tert-OH is 2. The molecule has 84 valence electrons. The van der Waals surface area contributed by atoms with E-state index in [2.05, 4.69) is 0 Å². The Bertz CT molecular complexity index is 340. The lowest BCUT2D eigenvalue weighted by molar-refractivity contribution is 0.0000175. The maximum Gasteiger partial charge on any atom is 0.118 e. The van der Waals surface area contributed by atoms with Crippen molar-refractivity contribution in [2.75, 3.05) is 20.3 Å². The van der Waals surface area contributed by atoms with Crippen LogP contribution < -0.4 is 4.74 Å². The Kier molecular flexibility index (Phi) is 3.90. The fourth-order valence-corrected chi connectivity index (χ4v) is 0.933. The summed E-state index contributed by atoms with van der Waals surface area (Å²) in [5.74, 6) is 0.625. The fourth-order valence-electron chi connectivity index (χ4n) is 0.933. The largest absolute Gasteiger partial charge is 0.497 e. The molecule has 0 heterocycles. The summed E-state index contributed by atoms with van der Waals surface area (Å²) in [6.45, 7) is -2.74. The molecule has 0 aliphatic rings. The van der Waals surface area contributed by atoms with E-state index in [1.165, 1.54) is 7.11 Å². The van der Waals surface area contributed by atoms with Crippen molar-refractivity contribution in [3.8, 4) is 5.75 Å². The van der Waals surface area contributed by atoms with Gasteiger partial charge in [0.1, 0.15) is 11.9 Å². The molecule has 1 aromatic carbocycles. The van der Waals surface area contributed by atoms with Crippen LogP contribution in [0.15, 0.2) is 24.3 Å². The summed E-state index contributed by atoms with van der Waals surface area (Å²) < 4.78 is 25.2. The van der Waals surface area contributed by atoms with Crippen molar-refractivity contribution < 1.29 is 22.4 Å². The topological polar surface area (TPSA) is 58.9 Å². The van der Waals surface area contributed by atoms with E-state index in [4.69, 9.17) is 22.4 Å². The van der Waals surface area contributed by atoms with Gasteiger partial charge in [-0.1, -0.05) is 12.1 Å². The highest BCUT2D eigenvalue weighted by Gasteiger charge is 2.01. The lowest BCUT2D eigenvalue weighted by Gasteiger charge is -2.08. The lowest BCUT2D eigenvalue weighted by atomic mass is 10.2. The van der Waals surface area contributed by atoms with Crippen LogP contribution in [0.25, 0.3) is 0 Å². The molecule has 4 nitrogen and oxygen atoms in total. The summed E-state index contributed by atoms with van der Waals surface area (Å²) in [5.41, 5.74) is 0.323. The quantitative estimate of drug-likeness (QED) is 0.726. The van der Waals surface area contributed by atoms with E-state index >= 15 is 0 Å². The van der Waals surface area contributed by atoms with Gasteiger partial charge >= 0.3 is 0 Å². The van der Waals surface area contributed by atoms with Gasteiger partial charge in [0, 0.05) is 0 Å². The number of aliphatic hydroxyl groups is 2. The predicted molar refractivity (Wildman–Crippen MR) is 55.7 cm³/mol. The zero-order valence-corrected chi connectivity index (χ0v) is 8.51.